The maximum Gasteiger partial charge on any atom is 0.254 e. The fraction of sp³-hybridized carbons (Fsp3) is 0.345. The maximum atomic E-state index is 13.7. The lowest BCUT2D eigenvalue weighted by Gasteiger charge is -2.44. The van der Waals surface area contributed by atoms with Crippen molar-refractivity contribution in [3.05, 3.63) is 71.3 Å². The van der Waals surface area contributed by atoms with E-state index in [1.54, 1.807) is 12.4 Å². The van der Waals surface area contributed by atoms with Gasteiger partial charge in [-0.05, 0) is 44.3 Å². The molecule has 0 saturated carbocycles. The molecule has 0 aliphatic carbocycles. The van der Waals surface area contributed by atoms with E-state index in [0.717, 1.165) is 55.4 Å². The molecule has 2 N–H and O–H groups in total. The molecule has 2 saturated heterocycles. The molecule has 0 unspecified atom stereocenters. The highest BCUT2D eigenvalue weighted by Gasteiger charge is 2.33. The van der Waals surface area contributed by atoms with E-state index in [4.69, 9.17) is 9.72 Å². The van der Waals surface area contributed by atoms with E-state index in [9.17, 15) is 9.18 Å². The smallest absolute Gasteiger partial charge is 0.254 e. The summed E-state index contributed by atoms with van der Waals surface area (Å²) >= 11 is 0. The molecule has 2 fully saturated rings. The van der Waals surface area contributed by atoms with Crippen molar-refractivity contribution in [1.29, 1.82) is 0 Å². The first kappa shape index (κ1) is 24.1. The minimum Gasteiger partial charge on any atom is -0.381 e. The number of anilines is 3. The minimum absolute atomic E-state index is 0.134. The van der Waals surface area contributed by atoms with Crippen molar-refractivity contribution in [3.8, 4) is 11.3 Å². The standard InChI is InChI=1S/C29H30FN7O2/c1-35(2)19-14-36(15-19)28-20(17-8-10-39-16-17)4-6-25(34-28)33-23-5-3-21(22-12-32-29(38)27(22)23)24-13-31-26-11-18(30)7-9-37(24)26/h3-7,9,11,13,17,19H,8,10,12,14-16H2,1-2H3,(H,32,38)(H,33,34)/t17-/m1/s1. The highest BCUT2D eigenvalue weighted by molar-refractivity contribution is 6.06. The van der Waals surface area contributed by atoms with Crippen LogP contribution in [0.25, 0.3) is 16.9 Å². The molecule has 200 valence electrons. The number of nitrogens with one attached hydrogen (secondary N) is 2. The van der Waals surface area contributed by atoms with E-state index < -0.39 is 0 Å². The molecule has 4 aromatic rings. The van der Waals surface area contributed by atoms with Crippen molar-refractivity contribution in [2.75, 3.05) is 50.6 Å². The number of carbonyl (C=O) groups is 1. The van der Waals surface area contributed by atoms with Gasteiger partial charge in [0.2, 0.25) is 0 Å². The molecule has 1 aromatic carbocycles. The molecule has 3 aliphatic rings. The van der Waals surface area contributed by atoms with Crippen molar-refractivity contribution in [2.24, 2.45) is 0 Å². The van der Waals surface area contributed by atoms with Crippen molar-refractivity contribution < 1.29 is 13.9 Å². The summed E-state index contributed by atoms with van der Waals surface area (Å²) < 4.78 is 21.2. The summed E-state index contributed by atoms with van der Waals surface area (Å²) in [5.41, 5.74) is 5.61. The molecular formula is C29H30FN7O2. The van der Waals surface area contributed by atoms with Crippen LogP contribution in [0.5, 0.6) is 0 Å². The number of ether oxygens (including phenoxy) is 1. The first-order valence-corrected chi connectivity index (χ1v) is 13.3. The number of aromatic nitrogens is 3. The Balaban J connectivity index is 1.24. The van der Waals surface area contributed by atoms with Gasteiger partial charge in [0, 0.05) is 61.6 Å². The number of fused-ring (bicyclic) bond motifs is 2. The van der Waals surface area contributed by atoms with Crippen LogP contribution in [-0.4, -0.2) is 71.6 Å². The average molecular weight is 528 g/mol. The molecule has 1 amide bonds. The topological polar surface area (TPSA) is 87.0 Å². The SMILES string of the molecule is CN(C)C1CN(c2nc(Nc3ccc(-c4cnc5cc(F)ccn45)c4c3C(=O)NC4)ccc2[C@@H]2CCOC2)C1. The molecular weight excluding hydrogens is 497 g/mol. The Labute approximate surface area is 225 Å². The van der Waals surface area contributed by atoms with Gasteiger partial charge in [0.05, 0.1) is 29.7 Å². The highest BCUT2D eigenvalue weighted by Crippen LogP contribution is 2.38. The Morgan fingerprint density at radius 1 is 1.18 bits per heavy atom. The number of imidazole rings is 1. The van der Waals surface area contributed by atoms with Crippen LogP contribution in [0.3, 0.4) is 0 Å². The Morgan fingerprint density at radius 2 is 2.05 bits per heavy atom. The summed E-state index contributed by atoms with van der Waals surface area (Å²) in [5, 5.41) is 6.40. The molecule has 0 spiro atoms. The van der Waals surface area contributed by atoms with E-state index in [-0.39, 0.29) is 11.7 Å². The van der Waals surface area contributed by atoms with E-state index >= 15 is 0 Å². The molecule has 3 aromatic heterocycles. The number of hydrogen-bond acceptors (Lipinski definition) is 7. The first-order valence-electron chi connectivity index (χ1n) is 13.3. The van der Waals surface area contributed by atoms with Gasteiger partial charge >= 0.3 is 0 Å². The van der Waals surface area contributed by atoms with Crippen LogP contribution in [0, 0.1) is 5.82 Å². The minimum atomic E-state index is -0.338. The van der Waals surface area contributed by atoms with Gasteiger partial charge in [-0.2, -0.15) is 0 Å². The zero-order valence-corrected chi connectivity index (χ0v) is 21.9. The second kappa shape index (κ2) is 9.32. The predicted molar refractivity (Wildman–Crippen MR) is 147 cm³/mol. The van der Waals surface area contributed by atoms with Crippen molar-refractivity contribution in [3.63, 3.8) is 0 Å². The molecule has 0 radical (unpaired) electrons. The lowest BCUT2D eigenvalue weighted by atomic mass is 9.96. The largest absolute Gasteiger partial charge is 0.381 e. The fourth-order valence-electron chi connectivity index (χ4n) is 5.82. The number of amides is 1. The van der Waals surface area contributed by atoms with Gasteiger partial charge in [-0.1, -0.05) is 12.1 Å². The molecule has 7 rings (SSSR count). The van der Waals surface area contributed by atoms with Crippen LogP contribution < -0.4 is 15.5 Å². The number of pyridine rings is 2. The van der Waals surface area contributed by atoms with Gasteiger partial charge in [0.25, 0.3) is 5.91 Å². The number of carbonyl (C=O) groups excluding carboxylic acids is 1. The lowest BCUT2D eigenvalue weighted by Crippen LogP contribution is -2.58. The number of benzene rings is 1. The molecule has 6 heterocycles. The lowest BCUT2D eigenvalue weighted by molar-refractivity contribution is 0.0966. The number of hydrogen-bond donors (Lipinski definition) is 2. The molecule has 0 bridgehead atoms. The van der Waals surface area contributed by atoms with Crippen LogP contribution in [0.15, 0.2) is 48.8 Å². The summed E-state index contributed by atoms with van der Waals surface area (Å²) in [4.78, 5) is 27.0. The van der Waals surface area contributed by atoms with E-state index in [2.05, 4.69) is 45.6 Å². The van der Waals surface area contributed by atoms with Gasteiger partial charge in [-0.25, -0.2) is 14.4 Å². The van der Waals surface area contributed by atoms with Gasteiger partial charge in [-0.3, -0.25) is 9.20 Å². The van der Waals surface area contributed by atoms with E-state index in [0.29, 0.717) is 41.2 Å². The monoisotopic (exact) mass is 527 g/mol. The summed E-state index contributed by atoms with van der Waals surface area (Å²) in [6.45, 7) is 3.77. The van der Waals surface area contributed by atoms with Gasteiger partial charge in [0.15, 0.2) is 0 Å². The zero-order chi connectivity index (χ0) is 26.7. The summed E-state index contributed by atoms with van der Waals surface area (Å²) in [7, 11) is 4.22. The third-order valence-corrected chi connectivity index (χ3v) is 8.15. The Morgan fingerprint density at radius 3 is 2.85 bits per heavy atom. The van der Waals surface area contributed by atoms with E-state index in [1.807, 2.05) is 22.6 Å². The van der Waals surface area contributed by atoms with Crippen LogP contribution in [0.4, 0.5) is 21.7 Å². The normalized spacial score (nSPS) is 19.0. The van der Waals surface area contributed by atoms with Crippen LogP contribution in [0.1, 0.15) is 33.8 Å². The number of nitrogens with zero attached hydrogens (tertiary/aromatic N) is 5. The van der Waals surface area contributed by atoms with Gasteiger partial charge in [-0.15, -0.1) is 0 Å². The fourth-order valence-corrected chi connectivity index (χ4v) is 5.82. The summed E-state index contributed by atoms with van der Waals surface area (Å²) in [6.07, 6.45) is 4.37. The Kier molecular flexibility index (Phi) is 5.75. The summed E-state index contributed by atoms with van der Waals surface area (Å²) in [6, 6.07) is 11.3. The van der Waals surface area contributed by atoms with Crippen molar-refractivity contribution in [1.82, 2.24) is 24.6 Å². The van der Waals surface area contributed by atoms with Crippen LogP contribution in [0.2, 0.25) is 0 Å². The molecule has 9 nitrogen and oxygen atoms in total. The third kappa shape index (κ3) is 4.11. The average Bonchev–Trinajstić information content (AvgIpc) is 3.64. The molecule has 3 aliphatic heterocycles. The molecule has 10 heteroatoms. The number of halogens is 1. The number of likely N-dealkylation sites (N-methyl/N-ethyl adjacent to an activating group) is 1. The highest BCUT2D eigenvalue weighted by atomic mass is 19.1. The quantitative estimate of drug-likeness (QED) is 0.395. The summed E-state index contributed by atoms with van der Waals surface area (Å²) in [5.74, 6) is 1.55. The van der Waals surface area contributed by atoms with Crippen LogP contribution in [-0.2, 0) is 11.3 Å². The second-order valence-electron chi connectivity index (χ2n) is 10.7. The van der Waals surface area contributed by atoms with Gasteiger partial charge in [0.1, 0.15) is 23.1 Å². The Bertz CT molecular complexity index is 1590. The third-order valence-electron chi connectivity index (χ3n) is 8.15. The molecule has 1 atom stereocenters. The molecule has 39 heavy (non-hydrogen) atoms. The van der Waals surface area contributed by atoms with E-state index in [1.165, 1.54) is 17.7 Å². The van der Waals surface area contributed by atoms with Crippen LogP contribution >= 0.6 is 0 Å². The second-order valence-corrected chi connectivity index (χ2v) is 10.7. The predicted octanol–water partition coefficient (Wildman–Crippen LogP) is 3.78. The maximum absolute atomic E-state index is 13.7. The zero-order valence-electron chi connectivity index (χ0n) is 21.9. The first-order chi connectivity index (χ1) is 19.0. The Hall–Kier alpha value is -4.02. The van der Waals surface area contributed by atoms with Crippen molar-refractivity contribution in [2.45, 2.75) is 24.9 Å². The van der Waals surface area contributed by atoms with Crippen molar-refractivity contribution >= 4 is 28.9 Å². The van der Waals surface area contributed by atoms with Gasteiger partial charge < -0.3 is 25.2 Å². The number of rotatable bonds is 6.